The first-order valence-corrected chi connectivity index (χ1v) is 9.58. The van der Waals surface area contributed by atoms with Crippen LogP contribution in [0.5, 0.6) is 5.75 Å². The van der Waals surface area contributed by atoms with Crippen molar-refractivity contribution in [2.75, 3.05) is 13.2 Å². The molecular formula is C22H19N3O7. The zero-order valence-corrected chi connectivity index (χ0v) is 16.9. The maximum absolute atomic E-state index is 12.1. The van der Waals surface area contributed by atoms with E-state index in [1.54, 1.807) is 36.4 Å². The Labute approximate surface area is 183 Å². The molecule has 0 unspecified atom stereocenters. The van der Waals surface area contributed by atoms with E-state index in [-0.39, 0.29) is 31.6 Å². The third-order valence-electron chi connectivity index (χ3n) is 4.16. The number of nitrogens with zero attached hydrogens (tertiary/aromatic N) is 3. The maximum Gasteiger partial charge on any atom is 0.363 e. The molecule has 164 valence electrons. The Morgan fingerprint density at radius 1 is 0.906 bits per heavy atom. The number of ether oxygens (including phenoxy) is 2. The number of imide groups is 1. The van der Waals surface area contributed by atoms with Crippen molar-refractivity contribution in [2.24, 2.45) is 10.2 Å². The molecule has 0 aliphatic carbocycles. The summed E-state index contributed by atoms with van der Waals surface area (Å²) < 4.78 is 10.3. The lowest BCUT2D eigenvalue weighted by Gasteiger charge is -2.12. The largest absolute Gasteiger partial charge is 0.490 e. The molecule has 10 nitrogen and oxygen atoms in total. The second-order valence-corrected chi connectivity index (χ2v) is 6.42. The average molecular weight is 437 g/mol. The molecular weight excluding hydrogens is 418 g/mol. The molecule has 0 aromatic heterocycles. The van der Waals surface area contributed by atoms with Crippen molar-refractivity contribution < 1.29 is 33.5 Å². The lowest BCUT2D eigenvalue weighted by molar-refractivity contribution is -0.172. The van der Waals surface area contributed by atoms with Gasteiger partial charge in [-0.05, 0) is 48.5 Å². The maximum atomic E-state index is 12.1. The van der Waals surface area contributed by atoms with E-state index in [1.165, 1.54) is 12.1 Å². The Kier molecular flexibility index (Phi) is 7.42. The van der Waals surface area contributed by atoms with Crippen LogP contribution in [0.1, 0.15) is 23.2 Å². The summed E-state index contributed by atoms with van der Waals surface area (Å²) in [7, 11) is 0. The molecule has 1 heterocycles. The molecule has 0 bridgehead atoms. The standard InChI is InChI=1S/C22H19N3O7/c1-2-21(28)31-14-13-30-18-9-7-17(8-10-18)24-23-16-5-3-15(4-6-16)22(29)32-25-19(26)11-12-20(25)27/h2-10H,1,11-14H2. The van der Waals surface area contributed by atoms with Gasteiger partial charge in [-0.3, -0.25) is 9.59 Å². The smallest absolute Gasteiger partial charge is 0.363 e. The summed E-state index contributed by atoms with van der Waals surface area (Å²) in [5.74, 6) is -1.82. The summed E-state index contributed by atoms with van der Waals surface area (Å²) >= 11 is 0. The summed E-state index contributed by atoms with van der Waals surface area (Å²) in [4.78, 5) is 50.9. The number of carbonyl (C=O) groups excluding carboxylic acids is 4. The molecule has 0 atom stereocenters. The molecule has 32 heavy (non-hydrogen) atoms. The van der Waals surface area contributed by atoms with Gasteiger partial charge in [-0.2, -0.15) is 10.2 Å². The van der Waals surface area contributed by atoms with Crippen molar-refractivity contribution in [2.45, 2.75) is 12.8 Å². The van der Waals surface area contributed by atoms with Gasteiger partial charge in [0.1, 0.15) is 19.0 Å². The molecule has 0 saturated carbocycles. The summed E-state index contributed by atoms with van der Waals surface area (Å²) in [6.45, 7) is 3.62. The predicted octanol–water partition coefficient (Wildman–Crippen LogP) is 3.43. The molecule has 10 heteroatoms. The van der Waals surface area contributed by atoms with Crippen molar-refractivity contribution >= 4 is 35.1 Å². The van der Waals surface area contributed by atoms with E-state index >= 15 is 0 Å². The second kappa shape index (κ2) is 10.6. The Morgan fingerprint density at radius 2 is 1.47 bits per heavy atom. The molecule has 0 radical (unpaired) electrons. The van der Waals surface area contributed by atoms with E-state index in [9.17, 15) is 19.2 Å². The third-order valence-corrected chi connectivity index (χ3v) is 4.16. The van der Waals surface area contributed by atoms with E-state index in [2.05, 4.69) is 16.8 Å². The van der Waals surface area contributed by atoms with Gasteiger partial charge in [-0.1, -0.05) is 6.58 Å². The van der Waals surface area contributed by atoms with Crippen LogP contribution in [-0.4, -0.2) is 42.0 Å². The van der Waals surface area contributed by atoms with Crippen LogP contribution in [0.2, 0.25) is 0 Å². The number of esters is 1. The minimum atomic E-state index is -0.813. The monoisotopic (exact) mass is 437 g/mol. The van der Waals surface area contributed by atoms with Crippen molar-refractivity contribution in [1.82, 2.24) is 5.06 Å². The fraction of sp³-hybridized carbons (Fsp3) is 0.182. The Bertz CT molecular complexity index is 1030. The van der Waals surface area contributed by atoms with Gasteiger partial charge in [0.2, 0.25) is 0 Å². The number of carbonyl (C=O) groups is 4. The molecule has 1 aliphatic rings. The Morgan fingerprint density at radius 3 is 2.03 bits per heavy atom. The Hall–Kier alpha value is -4.34. The highest BCUT2D eigenvalue weighted by molar-refractivity contribution is 6.02. The zero-order chi connectivity index (χ0) is 22.9. The van der Waals surface area contributed by atoms with Crippen LogP contribution in [0.15, 0.2) is 71.4 Å². The van der Waals surface area contributed by atoms with Gasteiger partial charge in [-0.15, -0.1) is 5.06 Å². The second-order valence-electron chi connectivity index (χ2n) is 6.42. The normalized spacial score (nSPS) is 13.3. The van der Waals surface area contributed by atoms with E-state index in [0.717, 1.165) is 6.08 Å². The molecule has 3 rings (SSSR count). The first-order chi connectivity index (χ1) is 15.5. The first-order valence-electron chi connectivity index (χ1n) is 9.58. The average Bonchev–Trinajstić information content (AvgIpc) is 3.13. The minimum absolute atomic E-state index is 0.0314. The highest BCUT2D eigenvalue weighted by Gasteiger charge is 2.33. The van der Waals surface area contributed by atoms with Crippen molar-refractivity contribution in [3.05, 3.63) is 66.7 Å². The number of amides is 2. The van der Waals surface area contributed by atoms with Crippen molar-refractivity contribution in [3.8, 4) is 5.75 Å². The zero-order valence-electron chi connectivity index (χ0n) is 16.9. The first kappa shape index (κ1) is 22.3. The van der Waals surface area contributed by atoms with Crippen LogP contribution < -0.4 is 4.74 Å². The van der Waals surface area contributed by atoms with Crippen LogP contribution in [0, 0.1) is 0 Å². The van der Waals surface area contributed by atoms with Crippen LogP contribution in [0.25, 0.3) is 0 Å². The quantitative estimate of drug-likeness (QED) is 0.193. The van der Waals surface area contributed by atoms with Gasteiger partial charge in [0.05, 0.1) is 16.9 Å². The van der Waals surface area contributed by atoms with Gasteiger partial charge in [-0.25, -0.2) is 9.59 Å². The molecule has 2 aromatic rings. The number of rotatable bonds is 9. The van der Waals surface area contributed by atoms with E-state index in [0.29, 0.717) is 22.2 Å². The van der Waals surface area contributed by atoms with Gasteiger partial charge in [0.25, 0.3) is 11.8 Å². The molecule has 2 amide bonds. The fourth-order valence-electron chi connectivity index (χ4n) is 2.54. The summed E-state index contributed by atoms with van der Waals surface area (Å²) in [5, 5.41) is 8.68. The number of azo groups is 1. The fourth-order valence-corrected chi connectivity index (χ4v) is 2.54. The number of hydrogen-bond acceptors (Lipinski definition) is 9. The van der Waals surface area contributed by atoms with Crippen LogP contribution in [0.3, 0.4) is 0 Å². The van der Waals surface area contributed by atoms with Crippen molar-refractivity contribution in [3.63, 3.8) is 0 Å². The SMILES string of the molecule is C=CC(=O)OCCOc1ccc(N=Nc2ccc(C(=O)ON3C(=O)CCC3=O)cc2)cc1. The molecule has 0 spiro atoms. The molecule has 1 saturated heterocycles. The van der Waals surface area contributed by atoms with Crippen LogP contribution in [-0.2, 0) is 24.0 Å². The topological polar surface area (TPSA) is 124 Å². The molecule has 1 aliphatic heterocycles. The van der Waals surface area contributed by atoms with Gasteiger partial charge < -0.3 is 14.3 Å². The number of hydrogen-bond donors (Lipinski definition) is 0. The third kappa shape index (κ3) is 6.08. The predicted molar refractivity (Wildman–Crippen MR) is 110 cm³/mol. The summed E-state index contributed by atoms with van der Waals surface area (Å²) in [6.07, 6.45) is 1.14. The van der Waals surface area contributed by atoms with Gasteiger partial charge in [0, 0.05) is 18.9 Å². The Balaban J connectivity index is 1.50. The molecule has 0 N–H and O–H groups in total. The van der Waals surface area contributed by atoms with Crippen LogP contribution in [0.4, 0.5) is 11.4 Å². The van der Waals surface area contributed by atoms with E-state index in [1.807, 2.05) is 0 Å². The summed E-state index contributed by atoms with van der Waals surface area (Å²) in [6, 6.07) is 12.8. The summed E-state index contributed by atoms with van der Waals surface area (Å²) in [5.41, 5.74) is 1.22. The highest BCUT2D eigenvalue weighted by Crippen LogP contribution is 2.22. The highest BCUT2D eigenvalue weighted by atomic mass is 16.7. The van der Waals surface area contributed by atoms with Crippen molar-refractivity contribution in [1.29, 1.82) is 0 Å². The van der Waals surface area contributed by atoms with E-state index in [4.69, 9.17) is 14.3 Å². The van der Waals surface area contributed by atoms with Crippen LogP contribution >= 0.6 is 0 Å². The van der Waals surface area contributed by atoms with Gasteiger partial charge >= 0.3 is 11.9 Å². The van der Waals surface area contributed by atoms with Gasteiger partial charge in [0.15, 0.2) is 0 Å². The number of benzene rings is 2. The molecule has 1 fully saturated rings. The lowest BCUT2D eigenvalue weighted by atomic mass is 10.2. The number of hydroxylamine groups is 2. The lowest BCUT2D eigenvalue weighted by Crippen LogP contribution is -2.32. The van der Waals surface area contributed by atoms with E-state index < -0.39 is 23.8 Å². The molecule has 2 aromatic carbocycles. The minimum Gasteiger partial charge on any atom is -0.490 e.